The predicted molar refractivity (Wildman–Crippen MR) is 71.0 cm³/mol. The molecule has 2 rings (SSSR count). The number of fused-ring (bicyclic) bond motifs is 1. The van der Waals surface area contributed by atoms with Gasteiger partial charge in [-0.15, -0.1) is 0 Å². The summed E-state index contributed by atoms with van der Waals surface area (Å²) in [5.41, 5.74) is 2.89. The molecule has 0 saturated heterocycles. The Morgan fingerprint density at radius 1 is 1.39 bits per heavy atom. The first-order valence-electron chi connectivity index (χ1n) is 5.05. The van der Waals surface area contributed by atoms with Crippen LogP contribution in [-0.2, 0) is 0 Å². The highest BCUT2D eigenvalue weighted by Gasteiger charge is 2.27. The standard InChI is InChI=1S/C10H10F3N3S2/c11-10(12,13)17-4-3-15-9-16-7-2-1-6(14)5-8(7)18-9/h1-2,5H,3-4,14H2,(H,15,16). The summed E-state index contributed by atoms with van der Waals surface area (Å²) >= 11 is 1.33. The molecule has 0 atom stereocenters. The maximum absolute atomic E-state index is 11.9. The minimum atomic E-state index is -4.18. The Bertz CT molecular complexity index is 539. The number of thioether (sulfide) groups is 1. The van der Waals surface area contributed by atoms with Crippen LogP contribution in [0.5, 0.6) is 0 Å². The van der Waals surface area contributed by atoms with Crippen LogP contribution < -0.4 is 11.1 Å². The summed E-state index contributed by atoms with van der Waals surface area (Å²) in [6, 6.07) is 5.32. The normalized spacial score (nSPS) is 11.9. The molecule has 98 valence electrons. The Balaban J connectivity index is 1.92. The van der Waals surface area contributed by atoms with Crippen molar-refractivity contribution in [3.63, 3.8) is 0 Å². The zero-order valence-electron chi connectivity index (χ0n) is 9.12. The largest absolute Gasteiger partial charge is 0.441 e. The van der Waals surface area contributed by atoms with Gasteiger partial charge in [0, 0.05) is 18.0 Å². The summed E-state index contributed by atoms with van der Waals surface area (Å²) in [5, 5.41) is 3.48. The first kappa shape index (κ1) is 13.3. The van der Waals surface area contributed by atoms with Crippen LogP contribution in [0.2, 0.25) is 0 Å². The van der Waals surface area contributed by atoms with Crippen LogP contribution in [0.15, 0.2) is 18.2 Å². The molecule has 1 aromatic heterocycles. The quantitative estimate of drug-likeness (QED) is 0.668. The van der Waals surface area contributed by atoms with Gasteiger partial charge in [0.15, 0.2) is 5.13 Å². The summed E-state index contributed by atoms with van der Waals surface area (Å²) < 4.78 is 36.6. The highest BCUT2D eigenvalue weighted by molar-refractivity contribution is 8.00. The summed E-state index contributed by atoms with van der Waals surface area (Å²) in [6.45, 7) is 0.222. The third-order valence-corrected chi connectivity index (χ3v) is 3.77. The van der Waals surface area contributed by atoms with Crippen molar-refractivity contribution in [3.05, 3.63) is 18.2 Å². The Morgan fingerprint density at radius 2 is 2.17 bits per heavy atom. The van der Waals surface area contributed by atoms with Crippen LogP contribution in [-0.4, -0.2) is 22.8 Å². The molecule has 0 radical (unpaired) electrons. The third kappa shape index (κ3) is 3.67. The third-order valence-electron chi connectivity index (χ3n) is 2.06. The van der Waals surface area contributed by atoms with Crippen LogP contribution in [0.3, 0.4) is 0 Å². The van der Waals surface area contributed by atoms with Gasteiger partial charge < -0.3 is 11.1 Å². The van der Waals surface area contributed by atoms with Gasteiger partial charge in [0.2, 0.25) is 0 Å². The number of nitrogens with two attached hydrogens (primary N) is 1. The number of rotatable bonds is 4. The van der Waals surface area contributed by atoms with E-state index in [0.29, 0.717) is 10.8 Å². The lowest BCUT2D eigenvalue weighted by atomic mass is 10.3. The van der Waals surface area contributed by atoms with Crippen LogP contribution in [0.1, 0.15) is 0 Å². The van der Waals surface area contributed by atoms with Gasteiger partial charge in [-0.25, -0.2) is 4.98 Å². The molecule has 0 saturated carbocycles. The lowest BCUT2D eigenvalue weighted by Crippen LogP contribution is -2.09. The van der Waals surface area contributed by atoms with Crippen molar-refractivity contribution in [2.45, 2.75) is 5.51 Å². The van der Waals surface area contributed by atoms with Gasteiger partial charge in [0.1, 0.15) is 0 Å². The number of aromatic nitrogens is 1. The van der Waals surface area contributed by atoms with Gasteiger partial charge >= 0.3 is 5.51 Å². The second-order valence-electron chi connectivity index (χ2n) is 3.47. The fraction of sp³-hybridized carbons (Fsp3) is 0.300. The van der Waals surface area contributed by atoms with E-state index in [0.717, 1.165) is 10.2 Å². The zero-order valence-corrected chi connectivity index (χ0v) is 10.8. The number of halogens is 3. The Labute approximate surface area is 110 Å². The molecule has 0 aliphatic heterocycles. The van der Waals surface area contributed by atoms with E-state index in [9.17, 15) is 13.2 Å². The van der Waals surface area contributed by atoms with E-state index in [4.69, 9.17) is 5.73 Å². The maximum atomic E-state index is 11.9. The molecule has 0 bridgehead atoms. The van der Waals surface area contributed by atoms with Gasteiger partial charge in [-0.2, -0.15) is 13.2 Å². The summed E-state index contributed by atoms with van der Waals surface area (Å²) in [7, 11) is 0. The predicted octanol–water partition coefficient (Wildman–Crippen LogP) is 3.54. The second-order valence-corrected chi connectivity index (χ2v) is 5.66. The van der Waals surface area contributed by atoms with E-state index in [2.05, 4.69) is 10.3 Å². The topological polar surface area (TPSA) is 50.9 Å². The van der Waals surface area contributed by atoms with Crippen molar-refractivity contribution >= 4 is 44.1 Å². The molecule has 0 fully saturated rings. The smallest absolute Gasteiger partial charge is 0.399 e. The van der Waals surface area contributed by atoms with E-state index in [-0.39, 0.29) is 24.1 Å². The fourth-order valence-electron chi connectivity index (χ4n) is 1.34. The van der Waals surface area contributed by atoms with E-state index in [1.807, 2.05) is 0 Å². The SMILES string of the molecule is Nc1ccc2nc(NCCSC(F)(F)F)sc2c1. The number of hydrogen-bond acceptors (Lipinski definition) is 5. The number of benzene rings is 1. The molecule has 8 heteroatoms. The van der Waals surface area contributed by atoms with Crippen LogP contribution in [0, 0.1) is 0 Å². The van der Waals surface area contributed by atoms with Gasteiger partial charge in [-0.3, -0.25) is 0 Å². The Morgan fingerprint density at radius 3 is 2.89 bits per heavy atom. The molecule has 0 unspecified atom stereocenters. The van der Waals surface area contributed by atoms with E-state index >= 15 is 0 Å². The molecular weight excluding hydrogens is 283 g/mol. The summed E-state index contributed by atoms with van der Waals surface area (Å²) in [4.78, 5) is 4.25. The molecule has 2 aromatic rings. The van der Waals surface area contributed by atoms with Crippen molar-refractivity contribution in [3.8, 4) is 0 Å². The number of hydrogen-bond donors (Lipinski definition) is 2. The minimum Gasteiger partial charge on any atom is -0.399 e. The fourth-order valence-corrected chi connectivity index (χ4v) is 2.72. The molecule has 0 aliphatic rings. The first-order valence-corrected chi connectivity index (χ1v) is 6.85. The van der Waals surface area contributed by atoms with Crippen molar-refractivity contribution in [1.82, 2.24) is 4.98 Å². The molecule has 0 spiro atoms. The highest BCUT2D eigenvalue weighted by Crippen LogP contribution is 2.30. The van der Waals surface area contributed by atoms with Crippen molar-refractivity contribution in [1.29, 1.82) is 0 Å². The highest BCUT2D eigenvalue weighted by atomic mass is 32.2. The van der Waals surface area contributed by atoms with Crippen LogP contribution in [0.4, 0.5) is 24.0 Å². The first-order chi connectivity index (χ1) is 8.44. The molecule has 0 aliphatic carbocycles. The average Bonchev–Trinajstić information content (AvgIpc) is 2.65. The molecule has 3 nitrogen and oxygen atoms in total. The number of nitrogens with zero attached hydrogens (tertiary/aromatic N) is 1. The number of nitrogens with one attached hydrogen (secondary N) is 1. The van der Waals surface area contributed by atoms with E-state index in [1.165, 1.54) is 11.3 Å². The average molecular weight is 293 g/mol. The number of alkyl halides is 3. The number of nitrogen functional groups attached to an aromatic ring is 1. The maximum Gasteiger partial charge on any atom is 0.441 e. The van der Waals surface area contributed by atoms with Gasteiger partial charge in [0.05, 0.1) is 10.2 Å². The van der Waals surface area contributed by atoms with Crippen LogP contribution >= 0.6 is 23.1 Å². The van der Waals surface area contributed by atoms with Gasteiger partial charge in [-0.05, 0) is 30.0 Å². The van der Waals surface area contributed by atoms with Gasteiger partial charge in [0.25, 0.3) is 0 Å². The lowest BCUT2D eigenvalue weighted by molar-refractivity contribution is -0.0327. The molecule has 1 aromatic carbocycles. The number of anilines is 2. The van der Waals surface area contributed by atoms with Crippen LogP contribution in [0.25, 0.3) is 10.2 Å². The van der Waals surface area contributed by atoms with Crippen molar-refractivity contribution in [2.24, 2.45) is 0 Å². The van der Waals surface area contributed by atoms with Crippen molar-refractivity contribution < 1.29 is 13.2 Å². The molecular formula is C10H10F3N3S2. The molecule has 18 heavy (non-hydrogen) atoms. The van der Waals surface area contributed by atoms with Gasteiger partial charge in [-0.1, -0.05) is 11.3 Å². The Kier molecular flexibility index (Phi) is 3.86. The molecule has 0 amide bonds. The van der Waals surface area contributed by atoms with Crippen molar-refractivity contribution in [2.75, 3.05) is 23.3 Å². The van der Waals surface area contributed by atoms with E-state index in [1.54, 1.807) is 18.2 Å². The number of thiazole rings is 1. The molecule has 3 N–H and O–H groups in total. The second kappa shape index (κ2) is 5.23. The van der Waals surface area contributed by atoms with E-state index < -0.39 is 5.51 Å². The minimum absolute atomic E-state index is 0.0401. The monoisotopic (exact) mass is 293 g/mol. The Hall–Kier alpha value is -1.15. The lowest BCUT2D eigenvalue weighted by Gasteiger charge is -2.05. The zero-order chi connectivity index (χ0) is 13.2. The summed E-state index contributed by atoms with van der Waals surface area (Å²) in [5.74, 6) is -0.0401. The molecule has 1 heterocycles. The summed E-state index contributed by atoms with van der Waals surface area (Å²) in [6.07, 6.45) is 0.